The van der Waals surface area contributed by atoms with Gasteiger partial charge in [0.2, 0.25) is 0 Å². The Bertz CT molecular complexity index is 547. The lowest BCUT2D eigenvalue weighted by atomic mass is 10.2. The van der Waals surface area contributed by atoms with Crippen molar-refractivity contribution < 1.29 is 26.5 Å². The van der Waals surface area contributed by atoms with E-state index in [9.17, 15) is 10.1 Å². The van der Waals surface area contributed by atoms with Crippen molar-refractivity contribution in [3.63, 3.8) is 0 Å². The Morgan fingerprint density at radius 2 is 1.89 bits per heavy atom. The number of pyridine rings is 1. The number of halogens is 2. The van der Waals surface area contributed by atoms with E-state index >= 15 is 0 Å². The molecule has 94 valence electrons. The van der Waals surface area contributed by atoms with E-state index in [1.54, 1.807) is 6.07 Å². The maximum absolute atomic E-state index is 10.9. The number of hydrogen-bond donors (Lipinski definition) is 0. The third-order valence-corrected chi connectivity index (χ3v) is 2.87. The van der Waals surface area contributed by atoms with Gasteiger partial charge in [-0.1, -0.05) is 22.0 Å². The van der Waals surface area contributed by atoms with Gasteiger partial charge in [0.1, 0.15) is 0 Å². The number of nitro benzene ring substituents is 1. The molecule has 18 heavy (non-hydrogen) atoms. The Kier molecular flexibility index (Phi) is 5.43. The highest BCUT2D eigenvalue weighted by molar-refractivity contribution is 9.10. The summed E-state index contributed by atoms with van der Waals surface area (Å²) in [6.07, 6.45) is 3.76. The van der Waals surface area contributed by atoms with Crippen molar-refractivity contribution in [1.29, 1.82) is 0 Å². The predicted molar refractivity (Wildman–Crippen MR) is 66.5 cm³/mol. The molecule has 6 heteroatoms. The number of nitro groups is 1. The summed E-state index contributed by atoms with van der Waals surface area (Å²) in [6, 6.07) is 10.8. The molecular weight excluding hydrogens is 364 g/mol. The van der Waals surface area contributed by atoms with Crippen LogP contribution >= 0.6 is 15.9 Å². The number of aromatic nitrogens is 1. The predicted octanol–water partition coefficient (Wildman–Crippen LogP) is -0.303. The third-order valence-electron chi connectivity index (χ3n) is 2.37. The molecule has 2 rings (SSSR count). The third kappa shape index (κ3) is 3.61. The normalized spacial score (nSPS) is 9.61. The van der Waals surface area contributed by atoms with Crippen LogP contribution in [0.2, 0.25) is 0 Å². The number of nitrogens with zero attached hydrogens (tertiary/aromatic N) is 2. The maximum Gasteiger partial charge on any atom is 0.280 e. The maximum atomic E-state index is 10.9. The minimum absolute atomic E-state index is 0. The molecule has 0 fully saturated rings. The van der Waals surface area contributed by atoms with Crippen molar-refractivity contribution in [3.8, 4) is 0 Å². The summed E-state index contributed by atoms with van der Waals surface area (Å²) < 4.78 is 2.61. The molecular formula is C12H10Br2N2O2. The Balaban J connectivity index is 0.00000162. The van der Waals surface area contributed by atoms with Gasteiger partial charge in [-0.3, -0.25) is 10.1 Å². The Morgan fingerprint density at radius 3 is 2.50 bits per heavy atom. The van der Waals surface area contributed by atoms with E-state index < -0.39 is 0 Å². The molecule has 0 amide bonds. The van der Waals surface area contributed by atoms with Gasteiger partial charge in [0.25, 0.3) is 5.69 Å². The van der Waals surface area contributed by atoms with Gasteiger partial charge in [0, 0.05) is 22.7 Å². The molecule has 0 saturated heterocycles. The molecule has 4 nitrogen and oxygen atoms in total. The molecule has 0 atom stereocenters. The van der Waals surface area contributed by atoms with E-state index in [1.165, 1.54) is 6.07 Å². The first kappa shape index (κ1) is 14.8. The average molecular weight is 374 g/mol. The summed E-state index contributed by atoms with van der Waals surface area (Å²) in [7, 11) is 0. The van der Waals surface area contributed by atoms with Crippen LogP contribution in [0.25, 0.3) is 0 Å². The van der Waals surface area contributed by atoms with Crippen molar-refractivity contribution in [2.45, 2.75) is 6.54 Å². The molecule has 0 aliphatic rings. The summed E-state index contributed by atoms with van der Waals surface area (Å²) in [4.78, 5) is 10.6. The quantitative estimate of drug-likeness (QED) is 0.421. The second-order valence-electron chi connectivity index (χ2n) is 3.58. The lowest BCUT2D eigenvalue weighted by Gasteiger charge is -2.00. The van der Waals surface area contributed by atoms with Crippen LogP contribution < -0.4 is 21.5 Å². The molecule has 0 unspecified atom stereocenters. The zero-order valence-corrected chi connectivity index (χ0v) is 12.5. The van der Waals surface area contributed by atoms with Gasteiger partial charge >= 0.3 is 0 Å². The van der Waals surface area contributed by atoms with Crippen LogP contribution in [0.1, 0.15) is 5.56 Å². The monoisotopic (exact) mass is 372 g/mol. The molecule has 1 heterocycles. The Hall–Kier alpha value is -1.27. The van der Waals surface area contributed by atoms with Crippen LogP contribution in [-0.2, 0) is 6.54 Å². The fourth-order valence-electron chi connectivity index (χ4n) is 1.58. The van der Waals surface area contributed by atoms with Crippen LogP contribution in [0.5, 0.6) is 0 Å². The smallest absolute Gasteiger partial charge is 0.280 e. The first-order valence-electron chi connectivity index (χ1n) is 5.04. The van der Waals surface area contributed by atoms with Gasteiger partial charge < -0.3 is 17.0 Å². The largest absolute Gasteiger partial charge is 1.00 e. The number of rotatable bonds is 3. The van der Waals surface area contributed by atoms with E-state index in [-0.39, 0.29) is 27.6 Å². The molecule has 0 bridgehead atoms. The minimum atomic E-state index is -0.358. The minimum Gasteiger partial charge on any atom is -1.00 e. The van der Waals surface area contributed by atoms with E-state index in [4.69, 9.17) is 0 Å². The first-order valence-corrected chi connectivity index (χ1v) is 5.83. The molecule has 0 aliphatic carbocycles. The molecule has 0 spiro atoms. The summed E-state index contributed by atoms with van der Waals surface area (Å²) in [5, 5.41) is 10.9. The van der Waals surface area contributed by atoms with Gasteiger partial charge in [-0.25, -0.2) is 4.57 Å². The molecule has 1 aromatic heterocycles. The Labute approximate surface area is 123 Å². The van der Waals surface area contributed by atoms with Crippen LogP contribution in [0.15, 0.2) is 53.3 Å². The lowest BCUT2D eigenvalue weighted by molar-refractivity contribution is -0.688. The van der Waals surface area contributed by atoms with Crippen molar-refractivity contribution in [1.82, 2.24) is 0 Å². The Morgan fingerprint density at radius 1 is 1.22 bits per heavy atom. The van der Waals surface area contributed by atoms with Crippen molar-refractivity contribution in [2.24, 2.45) is 0 Å². The SMILES string of the molecule is O=[N+]([O-])c1cc(Br)ccc1C[n+]1ccccc1.[Br-]. The van der Waals surface area contributed by atoms with Gasteiger partial charge in [-0.05, 0) is 12.1 Å². The molecule has 0 radical (unpaired) electrons. The molecule has 2 aromatic rings. The zero-order valence-electron chi connectivity index (χ0n) is 9.29. The number of benzene rings is 1. The molecule has 1 aromatic carbocycles. The standard InChI is InChI=1S/C12H10BrN2O2.BrH/c13-11-5-4-10(12(8-11)15(16)17)9-14-6-2-1-3-7-14;/h1-8H,9H2;1H/q+1;/p-1. The van der Waals surface area contributed by atoms with E-state index in [0.29, 0.717) is 16.6 Å². The van der Waals surface area contributed by atoms with Crippen LogP contribution in [0.4, 0.5) is 5.69 Å². The van der Waals surface area contributed by atoms with Crippen molar-refractivity contribution in [3.05, 3.63) is 68.9 Å². The van der Waals surface area contributed by atoms with Crippen LogP contribution in [-0.4, -0.2) is 4.92 Å². The van der Waals surface area contributed by atoms with E-state index in [2.05, 4.69) is 15.9 Å². The van der Waals surface area contributed by atoms with E-state index in [0.717, 1.165) is 0 Å². The highest BCUT2D eigenvalue weighted by atomic mass is 79.9. The highest BCUT2D eigenvalue weighted by Gasteiger charge is 2.17. The summed E-state index contributed by atoms with van der Waals surface area (Å²) in [5.41, 5.74) is 0.824. The van der Waals surface area contributed by atoms with E-state index in [1.807, 2.05) is 41.2 Å². The second-order valence-corrected chi connectivity index (χ2v) is 4.49. The van der Waals surface area contributed by atoms with Gasteiger partial charge in [-0.2, -0.15) is 0 Å². The van der Waals surface area contributed by atoms with Crippen LogP contribution in [0, 0.1) is 10.1 Å². The van der Waals surface area contributed by atoms with Crippen molar-refractivity contribution >= 4 is 21.6 Å². The highest BCUT2D eigenvalue weighted by Crippen LogP contribution is 2.23. The van der Waals surface area contributed by atoms with Gasteiger partial charge in [0.15, 0.2) is 18.9 Å². The second kappa shape index (κ2) is 6.61. The first-order chi connectivity index (χ1) is 8.16. The fourth-order valence-corrected chi connectivity index (χ4v) is 1.93. The molecule has 0 saturated carbocycles. The fraction of sp³-hybridized carbons (Fsp3) is 0.0833. The summed E-state index contributed by atoms with van der Waals surface area (Å²) in [6.45, 7) is 0.491. The average Bonchev–Trinajstić information content (AvgIpc) is 2.32. The summed E-state index contributed by atoms with van der Waals surface area (Å²) in [5.74, 6) is 0. The molecule has 0 aliphatic heterocycles. The van der Waals surface area contributed by atoms with Crippen LogP contribution in [0.3, 0.4) is 0 Å². The zero-order chi connectivity index (χ0) is 12.3. The van der Waals surface area contributed by atoms with Crippen molar-refractivity contribution in [2.75, 3.05) is 0 Å². The van der Waals surface area contributed by atoms with Gasteiger partial charge in [-0.15, -0.1) is 0 Å². The topological polar surface area (TPSA) is 47.0 Å². The molecule has 0 N–H and O–H groups in total. The number of hydrogen-bond acceptors (Lipinski definition) is 2. The van der Waals surface area contributed by atoms with Gasteiger partial charge in [0.05, 0.1) is 10.5 Å². The lowest BCUT2D eigenvalue weighted by Crippen LogP contribution is -3.00. The summed E-state index contributed by atoms with van der Waals surface area (Å²) >= 11 is 3.24.